The Kier molecular flexibility index (Phi) is 5.23. The molecule has 0 aliphatic heterocycles. The summed E-state index contributed by atoms with van der Waals surface area (Å²) in [5.41, 5.74) is 2.58. The van der Waals surface area contributed by atoms with Gasteiger partial charge in [0.25, 0.3) is 5.56 Å². The number of nitrogens with zero attached hydrogens (tertiary/aromatic N) is 3. The molecule has 0 spiro atoms. The smallest absolute Gasteiger partial charge is 0.273 e. The summed E-state index contributed by atoms with van der Waals surface area (Å²) in [6.45, 7) is -0.107. The van der Waals surface area contributed by atoms with Crippen molar-refractivity contribution < 1.29 is 4.79 Å². The van der Waals surface area contributed by atoms with Crippen LogP contribution in [0.15, 0.2) is 70.6 Å². The van der Waals surface area contributed by atoms with E-state index in [1.54, 1.807) is 11.8 Å². The van der Waals surface area contributed by atoms with Gasteiger partial charge < -0.3 is 5.32 Å². The third kappa shape index (κ3) is 3.69. The maximum absolute atomic E-state index is 12.8. The molecule has 0 radical (unpaired) electrons. The third-order valence-corrected chi connectivity index (χ3v) is 5.71. The fraction of sp³-hybridized carbons (Fsp3) is 0.100. The van der Waals surface area contributed by atoms with Gasteiger partial charge in [-0.3, -0.25) is 14.2 Å². The number of hydrogen-bond donors (Lipinski definition) is 1. The number of amides is 1. The summed E-state index contributed by atoms with van der Waals surface area (Å²) < 4.78 is 6.15. The lowest BCUT2D eigenvalue weighted by Crippen LogP contribution is -2.27. The van der Waals surface area contributed by atoms with Crippen LogP contribution in [0.25, 0.3) is 21.5 Å². The van der Waals surface area contributed by atoms with E-state index >= 15 is 0 Å². The first-order valence-corrected chi connectivity index (χ1v) is 10.5. The van der Waals surface area contributed by atoms with E-state index in [2.05, 4.69) is 14.7 Å². The average molecular weight is 409 g/mol. The number of fused-ring (bicyclic) bond motifs is 1. The zero-order valence-electron chi connectivity index (χ0n) is 15.0. The van der Waals surface area contributed by atoms with Crippen molar-refractivity contribution in [1.29, 1.82) is 0 Å². The van der Waals surface area contributed by atoms with E-state index in [1.165, 1.54) is 10.9 Å². The predicted molar refractivity (Wildman–Crippen MR) is 114 cm³/mol. The minimum atomic E-state index is -0.283. The molecular weight excluding hydrogens is 392 g/mol. The summed E-state index contributed by atoms with van der Waals surface area (Å²) in [5, 5.41) is 2.82. The molecule has 1 amide bonds. The number of benzene rings is 2. The van der Waals surface area contributed by atoms with Gasteiger partial charge in [-0.2, -0.15) is 4.37 Å². The van der Waals surface area contributed by atoms with Crippen LogP contribution in [0.2, 0.25) is 0 Å². The van der Waals surface area contributed by atoms with Crippen LogP contribution >= 0.6 is 23.3 Å². The highest BCUT2D eigenvalue weighted by molar-refractivity contribution is 7.98. The molecular formula is C20H16N4O2S2. The van der Waals surface area contributed by atoms with Gasteiger partial charge in [0.2, 0.25) is 5.91 Å². The van der Waals surface area contributed by atoms with Gasteiger partial charge >= 0.3 is 0 Å². The molecule has 2 aromatic heterocycles. The van der Waals surface area contributed by atoms with Gasteiger partial charge in [0.05, 0.1) is 6.33 Å². The molecule has 6 nitrogen and oxygen atoms in total. The first-order valence-electron chi connectivity index (χ1n) is 8.50. The highest BCUT2D eigenvalue weighted by Gasteiger charge is 2.15. The van der Waals surface area contributed by atoms with Gasteiger partial charge in [0.1, 0.15) is 22.5 Å². The first kappa shape index (κ1) is 18.4. The van der Waals surface area contributed by atoms with E-state index in [-0.39, 0.29) is 18.0 Å². The van der Waals surface area contributed by atoms with Gasteiger partial charge in [0.15, 0.2) is 0 Å². The Balaban J connectivity index is 1.59. The number of anilines is 1. The molecule has 0 aliphatic rings. The predicted octanol–water partition coefficient (Wildman–Crippen LogP) is 3.88. The summed E-state index contributed by atoms with van der Waals surface area (Å²) in [7, 11) is 0. The van der Waals surface area contributed by atoms with Crippen LogP contribution in [0, 0.1) is 0 Å². The molecule has 0 saturated carbocycles. The molecule has 4 aromatic rings. The Morgan fingerprint density at radius 2 is 2.00 bits per heavy atom. The summed E-state index contributed by atoms with van der Waals surface area (Å²) in [5.74, 6) is -0.283. The number of aromatic nitrogens is 3. The van der Waals surface area contributed by atoms with E-state index in [0.717, 1.165) is 22.0 Å². The summed E-state index contributed by atoms with van der Waals surface area (Å²) in [6, 6.07) is 17.2. The van der Waals surface area contributed by atoms with Crippen molar-refractivity contribution in [3.63, 3.8) is 0 Å². The number of carbonyl (C=O) groups excluding carboxylic acids is 1. The molecule has 28 heavy (non-hydrogen) atoms. The van der Waals surface area contributed by atoms with E-state index in [4.69, 9.17) is 0 Å². The molecule has 1 N–H and O–H groups in total. The van der Waals surface area contributed by atoms with Crippen molar-refractivity contribution in [1.82, 2.24) is 13.9 Å². The lowest BCUT2D eigenvalue weighted by molar-refractivity contribution is -0.116. The quantitative estimate of drug-likeness (QED) is 0.507. The molecule has 0 bridgehead atoms. The largest absolute Gasteiger partial charge is 0.324 e. The van der Waals surface area contributed by atoms with Crippen LogP contribution in [0.4, 0.5) is 5.69 Å². The topological polar surface area (TPSA) is 76.9 Å². The normalized spacial score (nSPS) is 10.9. The van der Waals surface area contributed by atoms with Crippen molar-refractivity contribution in [2.45, 2.75) is 11.4 Å². The summed E-state index contributed by atoms with van der Waals surface area (Å²) in [4.78, 5) is 30.6. The highest BCUT2D eigenvalue weighted by Crippen LogP contribution is 2.26. The molecule has 2 aromatic carbocycles. The molecule has 8 heteroatoms. The minimum absolute atomic E-state index is 0.107. The van der Waals surface area contributed by atoms with Crippen LogP contribution in [-0.4, -0.2) is 26.1 Å². The second kappa shape index (κ2) is 7.95. The van der Waals surface area contributed by atoms with Gasteiger partial charge in [-0.25, -0.2) is 4.98 Å². The second-order valence-corrected chi connectivity index (χ2v) is 7.69. The van der Waals surface area contributed by atoms with E-state index in [0.29, 0.717) is 21.6 Å². The van der Waals surface area contributed by atoms with E-state index in [1.807, 2.05) is 60.9 Å². The SMILES string of the molecule is CSc1cccc(NC(=O)Cn2cnc3c(-c4ccccc4)nsc3c2=O)c1. The molecule has 0 fully saturated rings. The van der Waals surface area contributed by atoms with Crippen LogP contribution in [0.1, 0.15) is 0 Å². The van der Waals surface area contributed by atoms with Crippen molar-refractivity contribution in [3.05, 3.63) is 71.3 Å². The Morgan fingerprint density at radius 1 is 1.18 bits per heavy atom. The lowest BCUT2D eigenvalue weighted by atomic mass is 10.1. The Labute approximate surface area is 169 Å². The average Bonchev–Trinajstić information content (AvgIpc) is 3.16. The molecule has 0 unspecified atom stereocenters. The molecule has 140 valence electrons. The first-order chi connectivity index (χ1) is 13.7. The maximum atomic E-state index is 12.8. The highest BCUT2D eigenvalue weighted by atomic mass is 32.2. The Hall–Kier alpha value is -2.97. The molecule has 0 atom stereocenters. The minimum Gasteiger partial charge on any atom is -0.324 e. The fourth-order valence-corrected chi connectivity index (χ4v) is 4.07. The molecule has 2 heterocycles. The number of carbonyl (C=O) groups is 1. The monoisotopic (exact) mass is 408 g/mol. The van der Waals surface area contributed by atoms with Gasteiger partial charge in [0, 0.05) is 16.1 Å². The van der Waals surface area contributed by atoms with Crippen LogP contribution in [0.3, 0.4) is 0 Å². The van der Waals surface area contributed by atoms with Gasteiger partial charge in [-0.05, 0) is 36.0 Å². The second-order valence-electron chi connectivity index (χ2n) is 6.03. The fourth-order valence-electron chi connectivity index (χ4n) is 2.81. The number of nitrogens with one attached hydrogen (secondary N) is 1. The number of rotatable bonds is 5. The van der Waals surface area contributed by atoms with Crippen molar-refractivity contribution in [3.8, 4) is 11.3 Å². The van der Waals surface area contributed by atoms with Crippen LogP contribution < -0.4 is 10.9 Å². The van der Waals surface area contributed by atoms with E-state index in [9.17, 15) is 9.59 Å². The van der Waals surface area contributed by atoms with Crippen LogP contribution in [0.5, 0.6) is 0 Å². The number of thioether (sulfide) groups is 1. The van der Waals surface area contributed by atoms with Crippen molar-refractivity contribution in [2.75, 3.05) is 11.6 Å². The summed E-state index contributed by atoms with van der Waals surface area (Å²) >= 11 is 2.70. The Bertz CT molecular complexity index is 1200. The van der Waals surface area contributed by atoms with Crippen LogP contribution in [-0.2, 0) is 11.3 Å². The standard InChI is InChI=1S/C20H16N4O2S2/c1-27-15-9-5-8-14(10-15)22-16(25)11-24-12-21-18-17(13-6-3-2-4-7-13)23-28-19(18)20(24)26/h2-10,12H,11H2,1H3,(H,22,25). The van der Waals surface area contributed by atoms with Gasteiger partial charge in [-0.15, -0.1) is 11.8 Å². The zero-order valence-corrected chi connectivity index (χ0v) is 16.6. The molecule has 0 saturated heterocycles. The molecule has 0 aliphatic carbocycles. The van der Waals surface area contributed by atoms with Gasteiger partial charge in [-0.1, -0.05) is 36.4 Å². The maximum Gasteiger partial charge on any atom is 0.273 e. The van der Waals surface area contributed by atoms with E-state index < -0.39 is 0 Å². The van der Waals surface area contributed by atoms with Crippen molar-refractivity contribution in [2.24, 2.45) is 0 Å². The van der Waals surface area contributed by atoms with Crippen molar-refractivity contribution >= 4 is 45.1 Å². The zero-order chi connectivity index (χ0) is 19.5. The summed E-state index contributed by atoms with van der Waals surface area (Å²) in [6.07, 6.45) is 3.38. The lowest BCUT2D eigenvalue weighted by Gasteiger charge is -2.08. The third-order valence-electron chi connectivity index (χ3n) is 4.16. The number of hydrogen-bond acceptors (Lipinski definition) is 6. The molecule has 4 rings (SSSR count). The Morgan fingerprint density at radius 3 is 2.79 bits per heavy atom.